The number of hydrogen-bond donors (Lipinski definition) is 0. The monoisotopic (exact) mass is 373 g/mol. The number of aryl methyl sites for hydroxylation is 2. The van der Waals surface area contributed by atoms with Crippen LogP contribution in [-0.2, 0) is 10.0 Å². The van der Waals surface area contributed by atoms with Crippen molar-refractivity contribution in [3.8, 4) is 0 Å². The molecule has 0 radical (unpaired) electrons. The number of nitrogens with zero attached hydrogens (tertiary/aromatic N) is 3. The maximum absolute atomic E-state index is 13.3. The fraction of sp³-hybridized carbons (Fsp3) is 0.316. The summed E-state index contributed by atoms with van der Waals surface area (Å²) in [7, 11) is -3.64. The average Bonchev–Trinajstić information content (AvgIpc) is 3.18. The molecule has 0 unspecified atom stereocenters. The van der Waals surface area contributed by atoms with E-state index in [1.807, 2.05) is 31.2 Å². The summed E-state index contributed by atoms with van der Waals surface area (Å²) in [6.45, 7) is 4.40. The normalized spacial score (nSPS) is 18.7. The topological polar surface area (TPSA) is 55.2 Å². The molecule has 0 saturated carbocycles. The molecule has 0 bridgehead atoms. The van der Waals surface area contributed by atoms with Gasteiger partial charge in [0.2, 0.25) is 10.0 Å². The van der Waals surface area contributed by atoms with Gasteiger partial charge in [0.15, 0.2) is 0 Å². The largest absolute Gasteiger partial charge is 0.324 e. The van der Waals surface area contributed by atoms with Gasteiger partial charge in [-0.3, -0.25) is 0 Å². The molecule has 3 aromatic rings. The highest BCUT2D eigenvalue weighted by Crippen LogP contribution is 2.32. The van der Waals surface area contributed by atoms with Gasteiger partial charge in [-0.25, -0.2) is 17.8 Å². The Morgan fingerprint density at radius 2 is 1.92 bits per heavy atom. The molecule has 1 saturated heterocycles. The Hall–Kier alpha value is -2.25. The van der Waals surface area contributed by atoms with Crippen LogP contribution in [0.4, 0.5) is 4.39 Å². The summed E-state index contributed by atoms with van der Waals surface area (Å²) in [6.07, 6.45) is 0.723. The van der Waals surface area contributed by atoms with Crippen LogP contribution in [0.1, 0.15) is 23.9 Å². The molecule has 5 nitrogen and oxygen atoms in total. The van der Waals surface area contributed by atoms with Crippen molar-refractivity contribution in [1.29, 1.82) is 0 Å². The molecule has 2 heterocycles. The first-order valence-electron chi connectivity index (χ1n) is 8.58. The molecular formula is C19H20FN3O2S. The Bertz CT molecular complexity index is 1090. The summed E-state index contributed by atoms with van der Waals surface area (Å²) in [6, 6.07) is 11.7. The molecule has 1 aliphatic rings. The quantitative estimate of drug-likeness (QED) is 0.707. The summed E-state index contributed by atoms with van der Waals surface area (Å²) < 4.78 is 43.0. The molecule has 26 heavy (non-hydrogen) atoms. The molecule has 1 aromatic heterocycles. The van der Waals surface area contributed by atoms with Gasteiger partial charge >= 0.3 is 0 Å². The fourth-order valence-corrected chi connectivity index (χ4v) is 5.50. The third-order valence-corrected chi connectivity index (χ3v) is 7.04. The van der Waals surface area contributed by atoms with Crippen molar-refractivity contribution < 1.29 is 12.8 Å². The number of sulfonamides is 1. The highest BCUT2D eigenvalue weighted by Gasteiger charge is 2.35. The van der Waals surface area contributed by atoms with Crippen molar-refractivity contribution in [2.75, 3.05) is 13.1 Å². The lowest BCUT2D eigenvalue weighted by atomic mass is 10.2. The van der Waals surface area contributed by atoms with Crippen molar-refractivity contribution in [3.63, 3.8) is 0 Å². The Morgan fingerprint density at radius 3 is 2.69 bits per heavy atom. The molecule has 4 rings (SSSR count). The Balaban J connectivity index is 1.67. The Kier molecular flexibility index (Phi) is 4.08. The van der Waals surface area contributed by atoms with E-state index in [1.54, 1.807) is 6.92 Å². The van der Waals surface area contributed by atoms with Crippen LogP contribution >= 0.6 is 0 Å². The average molecular weight is 373 g/mol. The van der Waals surface area contributed by atoms with Crippen molar-refractivity contribution >= 4 is 21.1 Å². The number of imidazole rings is 1. The lowest BCUT2D eigenvalue weighted by Gasteiger charge is -2.19. The number of hydrogen-bond acceptors (Lipinski definition) is 3. The molecule has 7 heteroatoms. The van der Waals surface area contributed by atoms with E-state index in [9.17, 15) is 12.8 Å². The molecular weight excluding hydrogens is 353 g/mol. The van der Waals surface area contributed by atoms with Crippen molar-refractivity contribution in [2.24, 2.45) is 0 Å². The van der Waals surface area contributed by atoms with Crippen molar-refractivity contribution in [1.82, 2.24) is 13.9 Å². The minimum absolute atomic E-state index is 0.0397. The van der Waals surface area contributed by atoms with Gasteiger partial charge in [-0.2, -0.15) is 4.31 Å². The van der Waals surface area contributed by atoms with E-state index in [2.05, 4.69) is 9.55 Å². The summed E-state index contributed by atoms with van der Waals surface area (Å²) in [5.41, 5.74) is 2.37. The molecule has 0 aliphatic carbocycles. The molecule has 0 spiro atoms. The first kappa shape index (κ1) is 17.2. The lowest BCUT2D eigenvalue weighted by Crippen LogP contribution is -2.30. The van der Waals surface area contributed by atoms with E-state index in [0.717, 1.165) is 23.3 Å². The van der Waals surface area contributed by atoms with Gasteiger partial charge in [-0.05, 0) is 56.2 Å². The Labute approximate surface area is 152 Å². The number of benzene rings is 2. The van der Waals surface area contributed by atoms with E-state index >= 15 is 0 Å². The van der Waals surface area contributed by atoms with Crippen LogP contribution in [0.25, 0.3) is 11.0 Å². The van der Waals surface area contributed by atoms with Crippen LogP contribution in [0.15, 0.2) is 47.4 Å². The van der Waals surface area contributed by atoms with Gasteiger partial charge in [0.1, 0.15) is 11.6 Å². The molecule has 1 aliphatic heterocycles. The maximum atomic E-state index is 13.3. The number of para-hydroxylation sites is 2. The van der Waals surface area contributed by atoms with E-state index in [1.165, 1.54) is 22.5 Å². The SMILES string of the molecule is Cc1cc(F)ccc1S(=O)(=O)N1CC[C@H](n2c(C)nc3ccccc32)C1. The smallest absolute Gasteiger partial charge is 0.243 e. The first-order valence-corrected chi connectivity index (χ1v) is 10.0. The molecule has 2 aromatic carbocycles. The third-order valence-electron chi connectivity index (χ3n) is 5.02. The van der Waals surface area contributed by atoms with Gasteiger partial charge < -0.3 is 4.57 Å². The van der Waals surface area contributed by atoms with Crippen LogP contribution in [0.5, 0.6) is 0 Å². The van der Waals surface area contributed by atoms with Gasteiger partial charge in [0, 0.05) is 13.1 Å². The van der Waals surface area contributed by atoms with Crippen molar-refractivity contribution in [3.05, 3.63) is 59.7 Å². The van der Waals surface area contributed by atoms with Crippen molar-refractivity contribution in [2.45, 2.75) is 31.2 Å². The minimum Gasteiger partial charge on any atom is -0.324 e. The van der Waals surface area contributed by atoms with E-state index < -0.39 is 15.8 Å². The van der Waals surface area contributed by atoms with Gasteiger partial charge in [-0.15, -0.1) is 0 Å². The van der Waals surface area contributed by atoms with Crippen LogP contribution in [0.2, 0.25) is 0 Å². The third kappa shape index (κ3) is 2.71. The summed E-state index contributed by atoms with van der Waals surface area (Å²) in [4.78, 5) is 4.75. The van der Waals surface area contributed by atoms with E-state index in [-0.39, 0.29) is 10.9 Å². The number of halogens is 1. The second-order valence-electron chi connectivity index (χ2n) is 6.73. The zero-order valence-corrected chi connectivity index (χ0v) is 15.5. The zero-order valence-electron chi connectivity index (χ0n) is 14.7. The fourth-order valence-electron chi connectivity index (χ4n) is 3.81. The van der Waals surface area contributed by atoms with Crippen LogP contribution < -0.4 is 0 Å². The molecule has 136 valence electrons. The number of fused-ring (bicyclic) bond motifs is 1. The highest BCUT2D eigenvalue weighted by atomic mass is 32.2. The van der Waals surface area contributed by atoms with Crippen LogP contribution in [0.3, 0.4) is 0 Å². The lowest BCUT2D eigenvalue weighted by molar-refractivity contribution is 0.452. The minimum atomic E-state index is -3.64. The Morgan fingerprint density at radius 1 is 1.15 bits per heavy atom. The number of rotatable bonds is 3. The standard InChI is InChI=1S/C19H20FN3O2S/c1-13-11-15(20)7-8-19(13)26(24,25)22-10-9-16(12-22)23-14(2)21-17-5-3-4-6-18(17)23/h3-8,11,16H,9-10,12H2,1-2H3/t16-/m0/s1. The first-order chi connectivity index (χ1) is 12.4. The number of aromatic nitrogens is 2. The van der Waals surface area contributed by atoms with Gasteiger partial charge in [-0.1, -0.05) is 12.1 Å². The second kappa shape index (κ2) is 6.17. The van der Waals surface area contributed by atoms with Crippen LogP contribution in [-0.4, -0.2) is 35.4 Å². The predicted molar refractivity (Wildman–Crippen MR) is 98.0 cm³/mol. The predicted octanol–water partition coefficient (Wildman–Crippen LogP) is 3.43. The summed E-state index contributed by atoms with van der Waals surface area (Å²) in [5, 5.41) is 0. The molecule has 0 amide bonds. The van der Waals surface area contributed by atoms with Gasteiger partial charge in [0.25, 0.3) is 0 Å². The van der Waals surface area contributed by atoms with Gasteiger partial charge in [0.05, 0.1) is 22.0 Å². The molecule has 1 fully saturated rings. The van der Waals surface area contributed by atoms with Crippen LogP contribution in [0, 0.1) is 19.7 Å². The second-order valence-corrected chi connectivity index (χ2v) is 8.64. The molecule has 0 N–H and O–H groups in total. The maximum Gasteiger partial charge on any atom is 0.243 e. The summed E-state index contributed by atoms with van der Waals surface area (Å²) in [5.74, 6) is 0.453. The van der Waals surface area contributed by atoms with E-state index in [0.29, 0.717) is 18.7 Å². The zero-order chi connectivity index (χ0) is 18.5. The van der Waals surface area contributed by atoms with E-state index in [4.69, 9.17) is 0 Å². The summed E-state index contributed by atoms with van der Waals surface area (Å²) >= 11 is 0. The highest BCUT2D eigenvalue weighted by molar-refractivity contribution is 7.89. The molecule has 1 atom stereocenters.